The number of unbranched alkanes of at least 4 members (excludes halogenated alkanes) is 2. The van der Waals surface area contributed by atoms with E-state index < -0.39 is 17.7 Å². The normalized spacial score (nSPS) is 9.26. The maximum atomic E-state index is 10.8. The van der Waals surface area contributed by atoms with Crippen molar-refractivity contribution in [1.82, 2.24) is 10.8 Å². The number of Topliss-reactive ketones (excluding diaryl/α,β-unsaturated/α-hetero) is 1. The number of hydrogen-bond acceptors (Lipinski definition) is 4. The number of amides is 2. The molecule has 1 unspecified atom stereocenters. The Labute approximate surface area is 233 Å². The molecule has 3 N–H and O–H groups in total. The summed E-state index contributed by atoms with van der Waals surface area (Å²) in [5, 5.41) is 10.3. The lowest BCUT2D eigenvalue weighted by Gasteiger charge is -2.05. The second-order valence-corrected chi connectivity index (χ2v) is 8.07. The molecule has 2 amide bonds. The molecular weight excluding hydrogens is 476 g/mol. The number of hydrogen-bond donors (Lipinski definition) is 3. The average molecular weight is 533 g/mol. The molecule has 0 aliphatic rings. The molecule has 0 bridgehead atoms. The van der Waals surface area contributed by atoms with Crippen molar-refractivity contribution in [3.8, 4) is 0 Å². The van der Waals surface area contributed by atoms with E-state index in [-0.39, 0.29) is 5.78 Å². The second kappa shape index (κ2) is 32.0. The van der Waals surface area contributed by atoms with Crippen LogP contribution in [0.4, 0.5) is 0 Å². The van der Waals surface area contributed by atoms with Crippen molar-refractivity contribution in [3.05, 3.63) is 71.3 Å². The Morgan fingerprint density at radius 1 is 0.763 bits per heavy atom. The molecule has 218 valence electrons. The molecule has 0 heterocycles. The van der Waals surface area contributed by atoms with Crippen LogP contribution in [0.2, 0.25) is 0 Å². The largest absolute Gasteiger partial charge is 0.358 e. The van der Waals surface area contributed by atoms with E-state index in [2.05, 4.69) is 64.2 Å². The fourth-order valence-corrected chi connectivity index (χ4v) is 1.93. The number of aryl methyl sites for hydroxylation is 2. The molecule has 0 saturated carbocycles. The monoisotopic (exact) mass is 532 g/mol. The van der Waals surface area contributed by atoms with Gasteiger partial charge in [-0.3, -0.25) is 19.6 Å². The third-order valence-electron chi connectivity index (χ3n) is 4.85. The van der Waals surface area contributed by atoms with Crippen LogP contribution in [0.5, 0.6) is 0 Å². The lowest BCUT2D eigenvalue weighted by atomic mass is 10.1. The molecule has 0 radical (unpaired) electrons. The average Bonchev–Trinajstić information content (AvgIpc) is 2.98. The van der Waals surface area contributed by atoms with Crippen LogP contribution in [0.1, 0.15) is 109 Å². The molecule has 0 saturated heterocycles. The smallest absolute Gasteiger partial charge is 0.255 e. The molecule has 1 atom stereocenters. The first-order valence-corrected chi connectivity index (χ1v) is 13.9. The van der Waals surface area contributed by atoms with Crippen LogP contribution in [-0.4, -0.2) is 29.9 Å². The van der Waals surface area contributed by atoms with Gasteiger partial charge in [-0.2, -0.15) is 0 Å². The molecule has 0 fully saturated rings. The molecule has 0 aliphatic heterocycles. The Balaban J connectivity index is -0.000000195. The van der Waals surface area contributed by atoms with Gasteiger partial charge in [0.15, 0.2) is 5.78 Å². The molecule has 2 rings (SSSR count). The van der Waals surface area contributed by atoms with E-state index >= 15 is 0 Å². The van der Waals surface area contributed by atoms with E-state index in [1.165, 1.54) is 56.3 Å². The molecule has 2 aromatic carbocycles. The number of rotatable bonds is 6. The van der Waals surface area contributed by atoms with Gasteiger partial charge in [0.2, 0.25) is 5.91 Å². The number of ketones is 1. The summed E-state index contributed by atoms with van der Waals surface area (Å²) in [4.78, 5) is 31.9. The zero-order valence-electron chi connectivity index (χ0n) is 26.0. The van der Waals surface area contributed by atoms with Gasteiger partial charge in [-0.05, 0) is 32.8 Å². The SMILES string of the molecule is CC.CC(=O)c1ccc(C)cc1.CCCC.CCCC.CCc1ccccc1.CNC(=O)C(C)C(=O)NO. The van der Waals surface area contributed by atoms with Gasteiger partial charge in [-0.25, -0.2) is 5.48 Å². The van der Waals surface area contributed by atoms with Crippen molar-refractivity contribution in [2.45, 2.75) is 101 Å². The van der Waals surface area contributed by atoms with E-state index in [0.717, 1.165) is 12.0 Å². The minimum atomic E-state index is -0.852. The fourth-order valence-electron chi connectivity index (χ4n) is 1.93. The first kappa shape index (κ1) is 42.1. The topological polar surface area (TPSA) is 95.5 Å². The van der Waals surface area contributed by atoms with Gasteiger partial charge in [0.05, 0.1) is 0 Å². The van der Waals surface area contributed by atoms with Crippen LogP contribution in [-0.2, 0) is 16.0 Å². The maximum Gasteiger partial charge on any atom is 0.255 e. The summed E-state index contributed by atoms with van der Waals surface area (Å²) in [6, 6.07) is 18.0. The van der Waals surface area contributed by atoms with Gasteiger partial charge in [-0.1, -0.05) is 134 Å². The molecule has 6 nitrogen and oxygen atoms in total. The summed E-state index contributed by atoms with van der Waals surface area (Å²) in [5.41, 5.74) is 4.76. The van der Waals surface area contributed by atoms with Crippen molar-refractivity contribution in [1.29, 1.82) is 0 Å². The van der Waals surface area contributed by atoms with Crippen LogP contribution in [0.3, 0.4) is 0 Å². The summed E-state index contributed by atoms with van der Waals surface area (Å²) in [7, 11) is 1.42. The van der Waals surface area contributed by atoms with E-state index in [1.807, 2.05) is 51.1 Å². The number of carbonyl (C=O) groups excluding carboxylic acids is 3. The third kappa shape index (κ3) is 27.6. The summed E-state index contributed by atoms with van der Waals surface area (Å²) >= 11 is 0. The van der Waals surface area contributed by atoms with Crippen molar-refractivity contribution in [2.24, 2.45) is 5.92 Å². The lowest BCUT2D eigenvalue weighted by Crippen LogP contribution is -2.36. The van der Waals surface area contributed by atoms with Crippen LogP contribution in [0.25, 0.3) is 0 Å². The van der Waals surface area contributed by atoms with E-state index in [1.54, 1.807) is 6.92 Å². The van der Waals surface area contributed by atoms with Gasteiger partial charge in [0.25, 0.3) is 5.91 Å². The Bertz CT molecular complexity index is 767. The fraction of sp³-hybridized carbons (Fsp3) is 0.531. The second-order valence-electron chi connectivity index (χ2n) is 8.07. The maximum absolute atomic E-state index is 10.8. The van der Waals surface area contributed by atoms with Gasteiger partial charge in [-0.15, -0.1) is 0 Å². The van der Waals surface area contributed by atoms with E-state index in [9.17, 15) is 14.4 Å². The summed E-state index contributed by atoms with van der Waals surface area (Å²) < 4.78 is 0. The highest BCUT2D eigenvalue weighted by atomic mass is 16.5. The summed E-state index contributed by atoms with van der Waals surface area (Å²) in [6.07, 6.45) is 6.42. The number of benzene rings is 2. The molecule has 0 spiro atoms. The van der Waals surface area contributed by atoms with Crippen molar-refractivity contribution >= 4 is 17.6 Å². The van der Waals surface area contributed by atoms with Crippen molar-refractivity contribution in [2.75, 3.05) is 7.05 Å². The number of nitrogens with one attached hydrogen (secondary N) is 2. The third-order valence-corrected chi connectivity index (χ3v) is 4.85. The Morgan fingerprint density at radius 2 is 1.18 bits per heavy atom. The zero-order valence-corrected chi connectivity index (χ0v) is 26.0. The Kier molecular flexibility index (Phi) is 35.5. The highest BCUT2D eigenvalue weighted by molar-refractivity contribution is 5.99. The number of carbonyl (C=O) groups is 3. The van der Waals surface area contributed by atoms with Crippen LogP contribution < -0.4 is 10.8 Å². The first-order valence-electron chi connectivity index (χ1n) is 13.9. The van der Waals surface area contributed by atoms with Crippen LogP contribution >= 0.6 is 0 Å². The molecule has 0 aromatic heterocycles. The highest BCUT2D eigenvalue weighted by Gasteiger charge is 2.18. The van der Waals surface area contributed by atoms with Gasteiger partial charge in [0.1, 0.15) is 5.92 Å². The summed E-state index contributed by atoms with van der Waals surface area (Å²) in [5.74, 6) is -1.86. The van der Waals surface area contributed by atoms with Gasteiger partial charge in [0, 0.05) is 12.6 Å². The quantitative estimate of drug-likeness (QED) is 0.152. The van der Waals surface area contributed by atoms with Gasteiger partial charge < -0.3 is 5.32 Å². The van der Waals surface area contributed by atoms with Crippen LogP contribution in [0, 0.1) is 12.8 Å². The number of hydroxylamine groups is 1. The Morgan fingerprint density at radius 3 is 1.45 bits per heavy atom. The highest BCUT2D eigenvalue weighted by Crippen LogP contribution is 2.02. The first-order chi connectivity index (χ1) is 18.1. The molecule has 6 heteroatoms. The van der Waals surface area contributed by atoms with Crippen LogP contribution in [0.15, 0.2) is 54.6 Å². The standard InChI is InChI=1S/C9H10O.C8H10.C5H10N2O3.2C4H10.C2H6/c1-7-3-5-9(6-4-7)8(2)10;1-2-8-6-4-3-5-7-8;1-3(4(8)6-2)5(9)7-10;2*1-3-4-2;1-2/h3-6H,1-2H3;3-7H,2H2,1H3;3,10H,1-2H3,(H,6,8)(H,7,9);2*3-4H2,1-2H3;1-2H3. The molecule has 2 aromatic rings. The van der Waals surface area contributed by atoms with Crippen molar-refractivity contribution < 1.29 is 19.6 Å². The predicted octanol–water partition coefficient (Wildman–Crippen LogP) is 7.96. The molecular formula is C32H56N2O4. The summed E-state index contributed by atoms with van der Waals surface area (Å²) in [6.45, 7) is 19.9. The molecule has 0 aliphatic carbocycles. The van der Waals surface area contributed by atoms with E-state index in [4.69, 9.17) is 5.21 Å². The minimum absolute atomic E-state index is 0.125. The Hall–Kier alpha value is -2.99. The lowest BCUT2D eigenvalue weighted by molar-refractivity contribution is -0.139. The molecule has 38 heavy (non-hydrogen) atoms. The minimum Gasteiger partial charge on any atom is -0.358 e. The van der Waals surface area contributed by atoms with Gasteiger partial charge >= 0.3 is 0 Å². The van der Waals surface area contributed by atoms with Crippen molar-refractivity contribution in [3.63, 3.8) is 0 Å². The zero-order chi connectivity index (χ0) is 30.4. The predicted molar refractivity (Wildman–Crippen MR) is 163 cm³/mol. The van der Waals surface area contributed by atoms with E-state index in [0.29, 0.717) is 0 Å².